The van der Waals surface area contributed by atoms with Crippen molar-refractivity contribution >= 4 is 11.8 Å². The lowest BCUT2D eigenvalue weighted by Gasteiger charge is -2.70. The predicted molar refractivity (Wildman–Crippen MR) is 143 cm³/mol. The van der Waals surface area contributed by atoms with Crippen molar-refractivity contribution in [1.82, 2.24) is 10.2 Å². The zero-order chi connectivity index (χ0) is 26.1. The molecule has 3 saturated carbocycles. The molecule has 0 aromatic carbocycles. The Hall–Kier alpha value is -1.78. The van der Waals surface area contributed by atoms with Crippen LogP contribution in [0.5, 0.6) is 0 Å². The van der Waals surface area contributed by atoms with E-state index in [0.29, 0.717) is 11.8 Å². The van der Waals surface area contributed by atoms with Crippen molar-refractivity contribution in [2.75, 3.05) is 5.73 Å². The lowest BCUT2D eigenvalue weighted by Crippen LogP contribution is -2.64. The highest BCUT2D eigenvalue weighted by molar-refractivity contribution is 5.76. The molecule has 1 heterocycles. The molecule has 0 bridgehead atoms. The molecule has 0 amide bonds. The molecule has 0 saturated heterocycles. The molecular formula is C31H47N3O2. The van der Waals surface area contributed by atoms with Gasteiger partial charge in [-0.25, -0.2) is 0 Å². The molecule has 1 aromatic rings. The number of anilines is 1. The van der Waals surface area contributed by atoms with Gasteiger partial charge in [-0.1, -0.05) is 60.1 Å². The monoisotopic (exact) mass is 493 g/mol. The molecule has 198 valence electrons. The standard InChI is InChI=1S/C31H47N3O2/c1-26(2)12-14-31(25(35)36)15-13-29(6)19(20(31)17-26)8-9-22-28(5)16-18-23(33-34-24(18)32)27(3,4)21(28)10-11-30(22,29)7/h8,20-22H,9-17H2,1-7H3,(H,35,36)(H3,32,33,34)/t20-,21?,22?,28-,29+,30+,31-/m0/s1. The second-order valence-electron chi connectivity index (χ2n) is 15.5. The summed E-state index contributed by atoms with van der Waals surface area (Å²) in [6.07, 6.45) is 11.7. The average Bonchev–Trinajstić information content (AvgIpc) is 3.14. The van der Waals surface area contributed by atoms with Gasteiger partial charge in [0.05, 0.1) is 11.1 Å². The molecule has 5 aliphatic carbocycles. The number of fused-ring (bicyclic) bond motifs is 8. The van der Waals surface area contributed by atoms with E-state index < -0.39 is 11.4 Å². The predicted octanol–water partition coefficient (Wildman–Crippen LogP) is 6.89. The van der Waals surface area contributed by atoms with E-state index >= 15 is 0 Å². The summed E-state index contributed by atoms with van der Waals surface area (Å²) in [4.78, 5) is 12.8. The number of nitrogens with two attached hydrogens (primary N) is 1. The quantitative estimate of drug-likeness (QED) is 0.371. The number of hydrogen-bond donors (Lipinski definition) is 3. The maximum atomic E-state index is 12.8. The smallest absolute Gasteiger partial charge is 0.310 e. The molecule has 5 heteroatoms. The third-order valence-electron chi connectivity index (χ3n) is 13.3. The van der Waals surface area contributed by atoms with Gasteiger partial charge in [-0.15, -0.1) is 0 Å². The second kappa shape index (κ2) is 6.99. The molecule has 5 nitrogen and oxygen atoms in total. The largest absolute Gasteiger partial charge is 0.481 e. The normalized spacial score (nSPS) is 46.3. The molecule has 2 unspecified atom stereocenters. The van der Waals surface area contributed by atoms with Gasteiger partial charge >= 0.3 is 5.97 Å². The van der Waals surface area contributed by atoms with E-state index in [9.17, 15) is 9.90 Å². The highest BCUT2D eigenvalue weighted by Gasteiger charge is 2.69. The Morgan fingerprint density at radius 3 is 2.42 bits per heavy atom. The summed E-state index contributed by atoms with van der Waals surface area (Å²) < 4.78 is 0. The number of rotatable bonds is 1. The van der Waals surface area contributed by atoms with Crippen LogP contribution in [0, 0.1) is 44.8 Å². The van der Waals surface area contributed by atoms with Crippen molar-refractivity contribution in [2.24, 2.45) is 44.8 Å². The maximum Gasteiger partial charge on any atom is 0.310 e. The van der Waals surface area contributed by atoms with E-state index in [-0.39, 0.29) is 33.0 Å². The summed E-state index contributed by atoms with van der Waals surface area (Å²) in [7, 11) is 0. The van der Waals surface area contributed by atoms with Crippen LogP contribution in [0.3, 0.4) is 0 Å². The van der Waals surface area contributed by atoms with E-state index in [1.165, 1.54) is 29.7 Å². The molecular weight excluding hydrogens is 446 g/mol. The molecule has 7 atom stereocenters. The fraction of sp³-hybridized carbons (Fsp3) is 0.806. The van der Waals surface area contributed by atoms with Crippen LogP contribution in [0.2, 0.25) is 0 Å². The molecule has 6 rings (SSSR count). The van der Waals surface area contributed by atoms with Crippen LogP contribution in [0.1, 0.15) is 111 Å². The zero-order valence-corrected chi connectivity index (χ0v) is 23.6. The van der Waals surface area contributed by atoms with Gasteiger partial charge in [0.15, 0.2) is 0 Å². The first-order valence-corrected chi connectivity index (χ1v) is 14.4. The summed E-state index contributed by atoms with van der Waals surface area (Å²) in [5, 5.41) is 18.4. The van der Waals surface area contributed by atoms with Gasteiger partial charge < -0.3 is 10.8 Å². The molecule has 3 fully saturated rings. The fourth-order valence-electron chi connectivity index (χ4n) is 11.1. The summed E-state index contributed by atoms with van der Waals surface area (Å²) in [5.74, 6) is 1.47. The van der Waals surface area contributed by atoms with Crippen molar-refractivity contribution in [2.45, 2.75) is 112 Å². The van der Waals surface area contributed by atoms with E-state index in [4.69, 9.17) is 10.8 Å². The first-order valence-electron chi connectivity index (χ1n) is 14.4. The summed E-state index contributed by atoms with van der Waals surface area (Å²) in [6, 6.07) is 0. The highest BCUT2D eigenvalue weighted by Crippen LogP contribution is 2.75. The molecule has 36 heavy (non-hydrogen) atoms. The van der Waals surface area contributed by atoms with E-state index in [1.54, 1.807) is 0 Å². The van der Waals surface area contributed by atoms with Crippen molar-refractivity contribution in [1.29, 1.82) is 0 Å². The summed E-state index contributed by atoms with van der Waals surface area (Å²) in [6.45, 7) is 17.1. The van der Waals surface area contributed by atoms with Crippen LogP contribution in [0.25, 0.3) is 0 Å². The first kappa shape index (κ1) is 24.6. The number of carboxylic acid groups (broad SMARTS) is 1. The number of aromatic amines is 1. The Labute approximate surface area is 217 Å². The summed E-state index contributed by atoms with van der Waals surface area (Å²) >= 11 is 0. The number of carbonyl (C=O) groups is 1. The number of hydrogen-bond acceptors (Lipinski definition) is 3. The van der Waals surface area contributed by atoms with E-state index in [1.807, 2.05) is 0 Å². The lowest BCUT2D eigenvalue weighted by atomic mass is 9.33. The number of nitrogens with one attached hydrogen (secondary N) is 1. The number of nitrogens with zero attached hydrogens (tertiary/aromatic N) is 1. The topological polar surface area (TPSA) is 92.0 Å². The van der Waals surface area contributed by atoms with Crippen LogP contribution in [-0.4, -0.2) is 21.3 Å². The van der Waals surface area contributed by atoms with Gasteiger partial charge in [-0.05, 0) is 97.2 Å². The van der Waals surface area contributed by atoms with Gasteiger partial charge in [-0.2, -0.15) is 5.10 Å². The fourth-order valence-corrected chi connectivity index (χ4v) is 11.1. The Kier molecular flexibility index (Phi) is 4.77. The number of H-pyrrole nitrogens is 1. The molecule has 4 N–H and O–H groups in total. The molecule has 0 aliphatic heterocycles. The van der Waals surface area contributed by atoms with Crippen molar-refractivity contribution < 1.29 is 9.90 Å². The Bertz CT molecular complexity index is 1160. The molecule has 0 spiro atoms. The van der Waals surface area contributed by atoms with E-state index in [2.05, 4.69) is 59.6 Å². The first-order chi connectivity index (χ1) is 16.6. The Balaban J connectivity index is 1.47. The second-order valence-corrected chi connectivity index (χ2v) is 15.5. The highest BCUT2D eigenvalue weighted by atomic mass is 16.4. The van der Waals surface area contributed by atoms with Crippen LogP contribution in [0.4, 0.5) is 5.82 Å². The Morgan fingerprint density at radius 1 is 1.03 bits per heavy atom. The number of allylic oxidation sites excluding steroid dienone is 2. The van der Waals surface area contributed by atoms with Gasteiger partial charge in [0.25, 0.3) is 0 Å². The van der Waals surface area contributed by atoms with Crippen LogP contribution >= 0.6 is 0 Å². The minimum atomic E-state index is -0.571. The maximum absolute atomic E-state index is 12.8. The summed E-state index contributed by atoms with van der Waals surface area (Å²) in [5.41, 5.74) is 10.3. The molecule has 1 aromatic heterocycles. The minimum absolute atomic E-state index is 0.0128. The van der Waals surface area contributed by atoms with Gasteiger partial charge in [0, 0.05) is 11.0 Å². The lowest BCUT2D eigenvalue weighted by molar-refractivity contribution is -0.177. The van der Waals surface area contributed by atoms with Gasteiger partial charge in [0.2, 0.25) is 0 Å². The third kappa shape index (κ3) is 2.73. The average molecular weight is 494 g/mol. The van der Waals surface area contributed by atoms with Crippen molar-refractivity contribution in [3.05, 3.63) is 22.9 Å². The minimum Gasteiger partial charge on any atom is -0.481 e. The number of nitrogen functional groups attached to an aromatic ring is 1. The third-order valence-corrected chi connectivity index (χ3v) is 13.3. The van der Waals surface area contributed by atoms with Crippen LogP contribution in [0.15, 0.2) is 11.6 Å². The van der Waals surface area contributed by atoms with Crippen molar-refractivity contribution in [3.63, 3.8) is 0 Å². The van der Waals surface area contributed by atoms with Crippen LogP contribution < -0.4 is 5.73 Å². The van der Waals surface area contributed by atoms with Crippen LogP contribution in [-0.2, 0) is 16.6 Å². The molecule has 0 radical (unpaired) electrons. The van der Waals surface area contributed by atoms with E-state index in [0.717, 1.165) is 50.8 Å². The zero-order valence-electron chi connectivity index (χ0n) is 23.6. The Morgan fingerprint density at radius 2 is 1.72 bits per heavy atom. The number of aliphatic carboxylic acids is 1. The number of aromatic nitrogens is 2. The molecule has 5 aliphatic rings. The van der Waals surface area contributed by atoms with Crippen molar-refractivity contribution in [3.8, 4) is 0 Å². The van der Waals surface area contributed by atoms with Gasteiger partial charge in [0.1, 0.15) is 5.82 Å². The number of carboxylic acids is 1. The SMILES string of the molecule is CC1(C)CC[C@]2(C(=O)O)CC[C@]3(C)C(=CCC4[C@@]5(C)Cc6c(n[nH]c6N)C(C)(C)C5CC[C@]43C)[C@@H]2C1. The van der Waals surface area contributed by atoms with Gasteiger partial charge in [-0.3, -0.25) is 9.89 Å².